The number of carbonyl (C=O) groups excluding carboxylic acids is 1. The largest absolute Gasteiger partial charge is 0.497 e. The molecule has 0 N–H and O–H groups in total. The van der Waals surface area contributed by atoms with Gasteiger partial charge in [-0.05, 0) is 25.0 Å². The summed E-state index contributed by atoms with van der Waals surface area (Å²) in [5.41, 5.74) is 1.60. The van der Waals surface area contributed by atoms with Gasteiger partial charge in [0, 0.05) is 11.6 Å². The molecule has 1 saturated carbocycles. The van der Waals surface area contributed by atoms with E-state index < -0.39 is 0 Å². The van der Waals surface area contributed by atoms with Crippen LogP contribution in [-0.4, -0.2) is 18.2 Å². The number of esters is 1. The first-order valence-corrected chi connectivity index (χ1v) is 7.53. The first-order chi connectivity index (χ1) is 10.8. The number of methoxy groups -OCH3 is 1. The third-order valence-electron chi connectivity index (χ3n) is 3.97. The summed E-state index contributed by atoms with van der Waals surface area (Å²) in [4.78, 5) is 11.9. The van der Waals surface area contributed by atoms with E-state index in [0.29, 0.717) is 11.5 Å². The number of carbonyl (C=O) groups is 1. The van der Waals surface area contributed by atoms with Gasteiger partial charge in [-0.25, -0.2) is 0 Å². The summed E-state index contributed by atoms with van der Waals surface area (Å²) in [6.07, 6.45) is 4.10. The van der Waals surface area contributed by atoms with Gasteiger partial charge in [-0.3, -0.25) is 4.79 Å². The number of hydrogen-bond donors (Lipinski definition) is 0. The molecule has 1 aromatic heterocycles. The van der Waals surface area contributed by atoms with Crippen molar-refractivity contribution in [2.24, 2.45) is 5.92 Å². The van der Waals surface area contributed by atoms with Crippen molar-refractivity contribution in [3.05, 3.63) is 36.1 Å². The lowest BCUT2D eigenvalue weighted by Gasteiger charge is -2.07. The molecule has 2 aromatic rings. The van der Waals surface area contributed by atoms with Gasteiger partial charge in [-0.15, -0.1) is 0 Å². The maximum Gasteiger partial charge on any atom is 0.309 e. The van der Waals surface area contributed by atoms with Crippen molar-refractivity contribution < 1.29 is 18.8 Å². The lowest BCUT2D eigenvalue weighted by molar-refractivity contribution is -0.150. The normalized spacial score (nSPS) is 15.0. The van der Waals surface area contributed by atoms with Crippen molar-refractivity contribution in [2.75, 3.05) is 7.11 Å². The van der Waals surface area contributed by atoms with Gasteiger partial charge >= 0.3 is 5.97 Å². The maximum atomic E-state index is 11.9. The quantitative estimate of drug-likeness (QED) is 0.790. The van der Waals surface area contributed by atoms with Gasteiger partial charge < -0.3 is 14.0 Å². The van der Waals surface area contributed by atoms with Gasteiger partial charge in [-0.2, -0.15) is 0 Å². The lowest BCUT2D eigenvalue weighted by atomic mass is 10.1. The molecule has 5 nitrogen and oxygen atoms in total. The van der Waals surface area contributed by atoms with Crippen LogP contribution in [0.3, 0.4) is 0 Å². The SMILES string of the molecule is COc1cccc(-c2cc(COC(=O)C3CCCC3)on2)c1. The standard InChI is InChI=1S/C17H19NO4/c1-20-14-8-4-7-13(9-14)16-10-15(22-18-16)11-21-17(19)12-5-2-3-6-12/h4,7-10,12H,2-3,5-6,11H2,1H3. The summed E-state index contributed by atoms with van der Waals surface area (Å²) in [7, 11) is 1.62. The Bertz CT molecular complexity index is 644. The number of aromatic nitrogens is 1. The molecule has 1 fully saturated rings. The zero-order valence-corrected chi connectivity index (χ0v) is 12.6. The first-order valence-electron chi connectivity index (χ1n) is 7.53. The van der Waals surface area contributed by atoms with E-state index in [1.165, 1.54) is 0 Å². The molecule has 1 aromatic carbocycles. The van der Waals surface area contributed by atoms with Crippen LogP contribution < -0.4 is 4.74 Å². The minimum absolute atomic E-state index is 0.0563. The lowest BCUT2D eigenvalue weighted by Crippen LogP contribution is -2.14. The average Bonchev–Trinajstić information content (AvgIpc) is 3.24. The van der Waals surface area contributed by atoms with Crippen LogP contribution in [0.15, 0.2) is 34.9 Å². The Kier molecular flexibility index (Phi) is 4.42. The average molecular weight is 301 g/mol. The predicted octanol–water partition coefficient (Wildman–Crippen LogP) is 3.58. The van der Waals surface area contributed by atoms with E-state index in [1.54, 1.807) is 13.2 Å². The van der Waals surface area contributed by atoms with Crippen LogP contribution in [0.5, 0.6) is 5.75 Å². The summed E-state index contributed by atoms with van der Waals surface area (Å²) in [6.45, 7) is 0.131. The molecule has 0 spiro atoms. The minimum Gasteiger partial charge on any atom is -0.497 e. The van der Waals surface area contributed by atoms with Crippen LogP contribution >= 0.6 is 0 Å². The van der Waals surface area contributed by atoms with Crippen LogP contribution in [0.25, 0.3) is 11.3 Å². The smallest absolute Gasteiger partial charge is 0.309 e. The molecule has 22 heavy (non-hydrogen) atoms. The molecule has 0 amide bonds. The van der Waals surface area contributed by atoms with E-state index >= 15 is 0 Å². The summed E-state index contributed by atoms with van der Waals surface area (Å²) >= 11 is 0. The van der Waals surface area contributed by atoms with E-state index in [4.69, 9.17) is 14.0 Å². The highest BCUT2D eigenvalue weighted by molar-refractivity contribution is 5.72. The molecule has 5 heteroatoms. The zero-order chi connectivity index (χ0) is 15.4. The second kappa shape index (κ2) is 6.64. The van der Waals surface area contributed by atoms with Crippen molar-refractivity contribution in [3.8, 4) is 17.0 Å². The van der Waals surface area contributed by atoms with Crippen LogP contribution in [0.2, 0.25) is 0 Å². The number of nitrogens with zero attached hydrogens (tertiary/aromatic N) is 1. The molecule has 0 unspecified atom stereocenters. The summed E-state index contributed by atoms with van der Waals surface area (Å²) in [5, 5.41) is 4.02. The first kappa shape index (κ1) is 14.6. The molecule has 0 aliphatic heterocycles. The van der Waals surface area contributed by atoms with Crippen LogP contribution in [0.1, 0.15) is 31.4 Å². The maximum absolute atomic E-state index is 11.9. The zero-order valence-electron chi connectivity index (χ0n) is 12.6. The fraction of sp³-hybridized carbons (Fsp3) is 0.412. The summed E-state index contributed by atoms with van der Waals surface area (Å²) in [6, 6.07) is 9.36. The molecule has 0 bridgehead atoms. The molecule has 116 valence electrons. The number of hydrogen-bond acceptors (Lipinski definition) is 5. The van der Waals surface area contributed by atoms with Gasteiger partial charge in [0.25, 0.3) is 0 Å². The monoisotopic (exact) mass is 301 g/mol. The fourth-order valence-corrected chi connectivity index (χ4v) is 2.72. The Balaban J connectivity index is 1.62. The van der Waals surface area contributed by atoms with E-state index in [-0.39, 0.29) is 18.5 Å². The van der Waals surface area contributed by atoms with Crippen LogP contribution in [-0.2, 0) is 16.1 Å². The Morgan fingerprint density at radius 1 is 1.32 bits per heavy atom. The molecule has 1 heterocycles. The minimum atomic E-state index is -0.128. The van der Waals surface area contributed by atoms with Crippen molar-refractivity contribution in [1.82, 2.24) is 5.16 Å². The molecule has 0 atom stereocenters. The van der Waals surface area contributed by atoms with Crippen molar-refractivity contribution >= 4 is 5.97 Å². The van der Waals surface area contributed by atoms with Crippen molar-refractivity contribution in [1.29, 1.82) is 0 Å². The molecular formula is C17H19NO4. The highest BCUT2D eigenvalue weighted by Gasteiger charge is 2.24. The highest BCUT2D eigenvalue weighted by Crippen LogP contribution is 2.27. The summed E-state index contributed by atoms with van der Waals surface area (Å²) in [5.74, 6) is 1.23. The van der Waals surface area contributed by atoms with E-state index in [0.717, 1.165) is 37.0 Å². The predicted molar refractivity (Wildman–Crippen MR) is 80.2 cm³/mol. The third-order valence-corrected chi connectivity index (χ3v) is 3.97. The molecule has 1 aliphatic carbocycles. The Labute approximate surface area is 129 Å². The molecule has 3 rings (SSSR count). The molecule has 1 aliphatic rings. The molecular weight excluding hydrogens is 282 g/mol. The van der Waals surface area contributed by atoms with Crippen LogP contribution in [0.4, 0.5) is 0 Å². The topological polar surface area (TPSA) is 61.6 Å². The van der Waals surface area contributed by atoms with Crippen molar-refractivity contribution in [2.45, 2.75) is 32.3 Å². The van der Waals surface area contributed by atoms with Crippen LogP contribution in [0, 0.1) is 5.92 Å². The number of benzene rings is 1. The van der Waals surface area contributed by atoms with Gasteiger partial charge in [0.1, 0.15) is 11.4 Å². The fourth-order valence-electron chi connectivity index (χ4n) is 2.72. The highest BCUT2D eigenvalue weighted by atomic mass is 16.5. The molecule has 0 radical (unpaired) electrons. The molecule has 0 saturated heterocycles. The number of rotatable bonds is 5. The van der Waals surface area contributed by atoms with Gasteiger partial charge in [-0.1, -0.05) is 30.1 Å². The van der Waals surface area contributed by atoms with E-state index in [1.807, 2.05) is 24.3 Å². The Hall–Kier alpha value is -2.30. The second-order valence-electron chi connectivity index (χ2n) is 5.50. The second-order valence-corrected chi connectivity index (χ2v) is 5.50. The Morgan fingerprint density at radius 2 is 2.14 bits per heavy atom. The van der Waals surface area contributed by atoms with Crippen molar-refractivity contribution in [3.63, 3.8) is 0 Å². The number of ether oxygens (including phenoxy) is 2. The van der Waals surface area contributed by atoms with E-state index in [2.05, 4.69) is 5.16 Å². The summed E-state index contributed by atoms with van der Waals surface area (Å²) < 4.78 is 15.7. The third kappa shape index (κ3) is 3.30. The van der Waals surface area contributed by atoms with Gasteiger partial charge in [0.2, 0.25) is 0 Å². The van der Waals surface area contributed by atoms with E-state index in [9.17, 15) is 4.79 Å². The Morgan fingerprint density at radius 3 is 2.91 bits per heavy atom. The van der Waals surface area contributed by atoms with Gasteiger partial charge in [0.15, 0.2) is 12.4 Å². The van der Waals surface area contributed by atoms with Gasteiger partial charge in [0.05, 0.1) is 13.0 Å².